The van der Waals surface area contributed by atoms with Crippen molar-refractivity contribution in [2.24, 2.45) is 0 Å². The Labute approximate surface area is 133 Å². The third-order valence-electron chi connectivity index (χ3n) is 3.77. The molecule has 2 aromatic rings. The summed E-state index contributed by atoms with van der Waals surface area (Å²) in [6.45, 7) is 3.22. The van der Waals surface area contributed by atoms with Crippen LogP contribution in [-0.2, 0) is 11.2 Å². The molecule has 0 spiro atoms. The second-order valence-electron chi connectivity index (χ2n) is 5.37. The van der Waals surface area contributed by atoms with Gasteiger partial charge in [-0.1, -0.05) is 12.1 Å². The van der Waals surface area contributed by atoms with Gasteiger partial charge in [-0.25, -0.2) is 0 Å². The average Bonchev–Trinajstić information content (AvgIpc) is 3.24. The SMILES string of the molecule is CCc1noc(-c2ccc(NC[C@H]3CCCO3)c([N+](=O)[O-])c2)n1. The number of nitrogens with one attached hydrogen (secondary N) is 1. The van der Waals surface area contributed by atoms with Crippen LogP contribution in [0.25, 0.3) is 11.5 Å². The quantitative estimate of drug-likeness (QED) is 0.645. The van der Waals surface area contributed by atoms with Gasteiger partial charge in [0.05, 0.1) is 11.0 Å². The van der Waals surface area contributed by atoms with Crippen LogP contribution in [0.5, 0.6) is 0 Å². The number of aryl methyl sites for hydroxylation is 1. The largest absolute Gasteiger partial charge is 0.377 e. The first-order valence-corrected chi connectivity index (χ1v) is 7.64. The minimum atomic E-state index is -0.418. The summed E-state index contributed by atoms with van der Waals surface area (Å²) in [5, 5.41) is 18.2. The summed E-state index contributed by atoms with van der Waals surface area (Å²) in [4.78, 5) is 15.1. The molecule has 0 saturated carbocycles. The Bertz CT molecular complexity index is 695. The molecular formula is C15H18N4O4. The number of rotatable bonds is 6. The molecule has 0 bridgehead atoms. The minimum absolute atomic E-state index is 0.0169. The zero-order valence-corrected chi connectivity index (χ0v) is 12.8. The molecule has 23 heavy (non-hydrogen) atoms. The topological polar surface area (TPSA) is 103 Å². The van der Waals surface area contributed by atoms with Gasteiger partial charge in [0.2, 0.25) is 0 Å². The molecule has 1 aliphatic heterocycles. The Morgan fingerprint density at radius 2 is 2.35 bits per heavy atom. The fourth-order valence-corrected chi connectivity index (χ4v) is 2.51. The van der Waals surface area contributed by atoms with Gasteiger partial charge in [-0.05, 0) is 25.0 Å². The Morgan fingerprint density at radius 3 is 3.00 bits per heavy atom. The van der Waals surface area contributed by atoms with Gasteiger partial charge in [0, 0.05) is 31.2 Å². The molecular weight excluding hydrogens is 300 g/mol. The molecule has 8 nitrogen and oxygen atoms in total. The van der Waals surface area contributed by atoms with Crippen LogP contribution in [0.15, 0.2) is 22.7 Å². The van der Waals surface area contributed by atoms with Crippen molar-refractivity contribution < 1.29 is 14.2 Å². The summed E-state index contributed by atoms with van der Waals surface area (Å²) in [5.41, 5.74) is 0.979. The summed E-state index contributed by atoms with van der Waals surface area (Å²) in [7, 11) is 0. The highest BCUT2D eigenvalue weighted by atomic mass is 16.6. The first kappa shape index (κ1) is 15.4. The van der Waals surface area contributed by atoms with E-state index in [0.29, 0.717) is 30.0 Å². The highest BCUT2D eigenvalue weighted by Gasteiger charge is 2.20. The van der Waals surface area contributed by atoms with Gasteiger partial charge < -0.3 is 14.6 Å². The van der Waals surface area contributed by atoms with Crippen LogP contribution in [-0.4, -0.2) is 34.3 Å². The number of anilines is 1. The van der Waals surface area contributed by atoms with Gasteiger partial charge in [0.15, 0.2) is 5.82 Å². The van der Waals surface area contributed by atoms with Crippen LogP contribution in [0.3, 0.4) is 0 Å². The molecule has 1 aromatic carbocycles. The summed E-state index contributed by atoms with van der Waals surface area (Å²) < 4.78 is 10.7. The van der Waals surface area contributed by atoms with Crippen LogP contribution in [0, 0.1) is 10.1 Å². The van der Waals surface area contributed by atoms with Crippen LogP contribution in [0.1, 0.15) is 25.6 Å². The highest BCUT2D eigenvalue weighted by Crippen LogP contribution is 2.30. The Morgan fingerprint density at radius 1 is 1.48 bits per heavy atom. The van der Waals surface area contributed by atoms with E-state index in [4.69, 9.17) is 9.26 Å². The lowest BCUT2D eigenvalue weighted by molar-refractivity contribution is -0.383. The molecule has 8 heteroatoms. The number of nitro groups is 1. The lowest BCUT2D eigenvalue weighted by atomic mass is 10.1. The van der Waals surface area contributed by atoms with Crippen molar-refractivity contribution in [2.75, 3.05) is 18.5 Å². The summed E-state index contributed by atoms with van der Waals surface area (Å²) in [6, 6.07) is 4.85. The molecule has 0 radical (unpaired) electrons. The van der Waals surface area contributed by atoms with Crippen LogP contribution in [0.4, 0.5) is 11.4 Å². The number of nitro benzene ring substituents is 1. The van der Waals surface area contributed by atoms with E-state index < -0.39 is 4.92 Å². The van der Waals surface area contributed by atoms with Crippen molar-refractivity contribution in [1.29, 1.82) is 0 Å². The van der Waals surface area contributed by atoms with Crippen LogP contribution >= 0.6 is 0 Å². The maximum Gasteiger partial charge on any atom is 0.293 e. The summed E-state index contributed by atoms with van der Waals surface area (Å²) in [5.74, 6) is 0.860. The van der Waals surface area contributed by atoms with Crippen molar-refractivity contribution in [3.05, 3.63) is 34.1 Å². The predicted octanol–water partition coefficient (Wildman–Crippen LogP) is 2.80. The third kappa shape index (κ3) is 3.48. The fourth-order valence-electron chi connectivity index (χ4n) is 2.51. The van der Waals surface area contributed by atoms with E-state index in [1.54, 1.807) is 12.1 Å². The van der Waals surface area contributed by atoms with Gasteiger partial charge in [-0.2, -0.15) is 4.98 Å². The van der Waals surface area contributed by atoms with Crippen LogP contribution < -0.4 is 5.32 Å². The number of nitrogens with zero attached hydrogens (tertiary/aromatic N) is 3. The molecule has 2 heterocycles. The molecule has 0 amide bonds. The lowest BCUT2D eigenvalue weighted by Gasteiger charge is -2.12. The second-order valence-corrected chi connectivity index (χ2v) is 5.37. The van der Waals surface area contributed by atoms with Gasteiger partial charge >= 0.3 is 0 Å². The molecule has 1 aliphatic rings. The zero-order valence-electron chi connectivity index (χ0n) is 12.8. The number of ether oxygens (including phenoxy) is 1. The van der Waals surface area contributed by atoms with E-state index in [0.717, 1.165) is 19.4 Å². The summed E-state index contributed by atoms with van der Waals surface area (Å²) in [6.07, 6.45) is 2.76. The predicted molar refractivity (Wildman–Crippen MR) is 83.2 cm³/mol. The maximum atomic E-state index is 11.3. The molecule has 1 N–H and O–H groups in total. The first-order valence-electron chi connectivity index (χ1n) is 7.64. The zero-order chi connectivity index (χ0) is 16.2. The highest BCUT2D eigenvalue weighted by molar-refractivity contribution is 5.69. The van der Waals surface area contributed by atoms with E-state index in [-0.39, 0.29) is 17.7 Å². The van der Waals surface area contributed by atoms with E-state index >= 15 is 0 Å². The number of hydrogen-bond donors (Lipinski definition) is 1. The molecule has 1 saturated heterocycles. The number of benzene rings is 1. The Kier molecular flexibility index (Phi) is 4.52. The first-order chi connectivity index (χ1) is 11.2. The second kappa shape index (κ2) is 6.74. The molecule has 3 rings (SSSR count). The standard InChI is InChI=1S/C15H18N4O4/c1-2-14-17-15(23-18-14)10-5-6-12(13(8-10)19(20)21)16-9-11-4-3-7-22-11/h5-6,8,11,16H,2-4,7,9H2,1H3/t11-/m1/s1. The van der Waals surface area contributed by atoms with E-state index in [2.05, 4.69) is 15.5 Å². The lowest BCUT2D eigenvalue weighted by Crippen LogP contribution is -2.18. The fraction of sp³-hybridized carbons (Fsp3) is 0.467. The third-order valence-corrected chi connectivity index (χ3v) is 3.77. The molecule has 1 aromatic heterocycles. The van der Waals surface area contributed by atoms with E-state index in [1.807, 2.05) is 6.92 Å². The van der Waals surface area contributed by atoms with Gasteiger partial charge in [0.25, 0.3) is 11.6 Å². The minimum Gasteiger partial charge on any atom is -0.377 e. The van der Waals surface area contributed by atoms with E-state index in [9.17, 15) is 10.1 Å². The van der Waals surface area contributed by atoms with E-state index in [1.165, 1.54) is 6.07 Å². The van der Waals surface area contributed by atoms with Gasteiger partial charge in [-0.15, -0.1) is 0 Å². The maximum absolute atomic E-state index is 11.3. The Hall–Kier alpha value is -2.48. The van der Waals surface area contributed by atoms with Gasteiger partial charge in [-0.3, -0.25) is 10.1 Å². The molecule has 1 fully saturated rings. The van der Waals surface area contributed by atoms with Crippen molar-refractivity contribution in [1.82, 2.24) is 10.1 Å². The van der Waals surface area contributed by atoms with Crippen molar-refractivity contribution in [2.45, 2.75) is 32.3 Å². The smallest absolute Gasteiger partial charge is 0.293 e. The molecule has 0 unspecified atom stereocenters. The average molecular weight is 318 g/mol. The van der Waals surface area contributed by atoms with Gasteiger partial charge in [0.1, 0.15) is 5.69 Å². The van der Waals surface area contributed by atoms with Crippen molar-refractivity contribution in [3.8, 4) is 11.5 Å². The summed E-state index contributed by atoms with van der Waals surface area (Å²) >= 11 is 0. The molecule has 0 aliphatic carbocycles. The van der Waals surface area contributed by atoms with Crippen molar-refractivity contribution in [3.63, 3.8) is 0 Å². The number of hydrogen-bond acceptors (Lipinski definition) is 7. The molecule has 1 atom stereocenters. The monoisotopic (exact) mass is 318 g/mol. The number of aromatic nitrogens is 2. The molecule has 122 valence electrons. The van der Waals surface area contributed by atoms with Crippen LogP contribution in [0.2, 0.25) is 0 Å². The Balaban J connectivity index is 1.81. The van der Waals surface area contributed by atoms with Crippen molar-refractivity contribution >= 4 is 11.4 Å². The normalized spacial score (nSPS) is 17.3.